The summed E-state index contributed by atoms with van der Waals surface area (Å²) in [6.45, 7) is 18.4. The summed E-state index contributed by atoms with van der Waals surface area (Å²) in [5.41, 5.74) is 1.80. The molecule has 4 saturated carbocycles. The van der Waals surface area contributed by atoms with Gasteiger partial charge < -0.3 is 47.4 Å². The van der Waals surface area contributed by atoms with Gasteiger partial charge in [-0.3, -0.25) is 4.79 Å². The van der Waals surface area contributed by atoms with Gasteiger partial charge in [0.25, 0.3) is 0 Å². The zero-order valence-corrected chi connectivity index (χ0v) is 57.9. The van der Waals surface area contributed by atoms with Gasteiger partial charge in [0, 0.05) is 0 Å². The molecule has 520 valence electrons. The maximum atomic E-state index is 14.8. The van der Waals surface area contributed by atoms with E-state index in [0.717, 1.165) is 63.4 Å². The van der Waals surface area contributed by atoms with Crippen LogP contribution in [0.1, 0.15) is 177 Å². The van der Waals surface area contributed by atoms with Crippen LogP contribution < -0.4 is 0 Å². The van der Waals surface area contributed by atoms with Crippen molar-refractivity contribution >= 4 is 35.8 Å². The Labute approximate surface area is 580 Å². The predicted octanol–water partition coefficient (Wildman–Crippen LogP) is 15.5. The molecule has 6 aromatic carbocycles. The van der Waals surface area contributed by atoms with E-state index in [1.54, 1.807) is 159 Å². The van der Waals surface area contributed by atoms with E-state index in [1.807, 2.05) is 30.3 Å². The normalized spacial score (nSPS) is 33.4. The highest BCUT2D eigenvalue weighted by atomic mass is 16.8. The van der Waals surface area contributed by atoms with Gasteiger partial charge >= 0.3 is 35.8 Å². The van der Waals surface area contributed by atoms with Crippen molar-refractivity contribution in [2.75, 3.05) is 6.61 Å². The van der Waals surface area contributed by atoms with Crippen molar-refractivity contribution in [3.05, 3.63) is 227 Å². The Morgan fingerprint density at radius 3 is 1.47 bits per heavy atom. The van der Waals surface area contributed by atoms with Gasteiger partial charge in [0.05, 0.1) is 52.0 Å². The first-order valence-electron chi connectivity index (χ1n) is 35.3. The molecule has 0 radical (unpaired) electrons. The van der Waals surface area contributed by atoms with Gasteiger partial charge in [0.15, 0.2) is 49.2 Å². The number of fused-ring (bicyclic) bond motifs is 7. The van der Waals surface area contributed by atoms with Crippen LogP contribution in [0, 0.1) is 50.2 Å². The van der Waals surface area contributed by atoms with E-state index < -0.39 is 102 Å². The molecule has 16 nitrogen and oxygen atoms in total. The van der Waals surface area contributed by atoms with Crippen LogP contribution in [0.3, 0.4) is 0 Å². The van der Waals surface area contributed by atoms with E-state index in [0.29, 0.717) is 6.42 Å². The van der Waals surface area contributed by atoms with Crippen LogP contribution in [0.4, 0.5) is 0 Å². The number of ether oxygens (including phenoxy) is 10. The van der Waals surface area contributed by atoms with Crippen molar-refractivity contribution in [3.8, 4) is 0 Å². The SMILES string of the molecule is C[C@@H]1O[C@@H](O[C@H]2[C@H](O[C@H]3CC[C@]4(C)[C@H]5CC=C6[C@@H]7CC(C)(C)CC[C@]7(C(=O)OCc7ccccc7)CC[C@@]6(C)[C@]5(C)CC[C@H]4C3(C)C)OC[C@@H](OC(=O)c3ccccc3)[C@@H]2OC(=O)c2ccccc2)[C@H](OC(=O)c2ccccc2)[C@H](OC(=O)c2ccccc2)[C@H]1OC(=O)c1ccccc1. The monoisotopic (exact) mass is 1340 g/mol. The van der Waals surface area contributed by atoms with E-state index >= 15 is 0 Å². The highest BCUT2D eigenvalue weighted by molar-refractivity contribution is 5.92. The van der Waals surface area contributed by atoms with Crippen molar-refractivity contribution in [2.45, 2.75) is 188 Å². The van der Waals surface area contributed by atoms with Gasteiger partial charge in [-0.15, -0.1) is 0 Å². The fourth-order valence-electron chi connectivity index (χ4n) is 18.6. The Bertz CT molecular complexity index is 3900. The average molecular weight is 1350 g/mol. The first-order chi connectivity index (χ1) is 47.5. The largest absolute Gasteiger partial charge is 0.460 e. The third-order valence-electron chi connectivity index (χ3n) is 24.2. The highest BCUT2D eigenvalue weighted by Crippen LogP contribution is 2.76. The van der Waals surface area contributed by atoms with Gasteiger partial charge in [0.2, 0.25) is 0 Å². The van der Waals surface area contributed by atoms with Crippen LogP contribution in [-0.2, 0) is 58.8 Å². The van der Waals surface area contributed by atoms with E-state index in [9.17, 15) is 28.8 Å². The third-order valence-corrected chi connectivity index (χ3v) is 24.2. The Morgan fingerprint density at radius 2 is 0.939 bits per heavy atom. The van der Waals surface area contributed by atoms with Crippen LogP contribution in [0.5, 0.6) is 0 Å². The van der Waals surface area contributed by atoms with E-state index in [1.165, 1.54) is 5.57 Å². The van der Waals surface area contributed by atoms with E-state index in [2.05, 4.69) is 54.5 Å². The number of hydrogen-bond donors (Lipinski definition) is 0. The van der Waals surface area contributed by atoms with Crippen molar-refractivity contribution in [1.29, 1.82) is 0 Å². The number of benzene rings is 6. The number of carbonyl (C=O) groups excluding carboxylic acids is 6. The average Bonchev–Trinajstić information content (AvgIpc) is 0.676. The maximum Gasteiger partial charge on any atom is 0.338 e. The van der Waals surface area contributed by atoms with Crippen molar-refractivity contribution in [1.82, 2.24) is 0 Å². The number of esters is 6. The number of rotatable bonds is 17. The standard InChI is InChI=1S/C83H92O16/c1-52-65(95-71(85)55-31-19-11-20-32-55)67(97-73(87)57-35-23-13-24-36-57)69(98-74(88)58-37-25-14-26-38-58)76(92-52)99-68-66(96-72(86)56-33-21-12-22-34-56)61(93-70(84)54-29-17-10-18-30-54)51-90-75(68)94-64-42-43-80(6)62(79(64,4)5)41-44-82(8)63(80)40-39-59-60-49-78(2,3)45-47-83(60,48-46-81(59,82)7)77(89)91-50-53-27-15-9-16-28-53/h9-39,52,60-69,75-76H,40-51H2,1-8H3/t52-,60-,61+,62-,63+,64-,65-,66-,67+,68+,69+,75-,76-,80-,81+,82+,83-/m0/s1. The molecule has 2 aliphatic heterocycles. The molecule has 6 fully saturated rings. The summed E-state index contributed by atoms with van der Waals surface area (Å²) in [7, 11) is 0. The fraction of sp³-hybridized carbons (Fsp3) is 0.470. The minimum Gasteiger partial charge on any atom is -0.460 e. The predicted molar refractivity (Wildman–Crippen MR) is 367 cm³/mol. The molecule has 0 N–H and O–H groups in total. The summed E-state index contributed by atoms with van der Waals surface area (Å²) in [5, 5.41) is 0. The summed E-state index contributed by atoms with van der Waals surface area (Å²) in [6, 6.07) is 51.5. The van der Waals surface area contributed by atoms with Gasteiger partial charge in [-0.1, -0.05) is 181 Å². The van der Waals surface area contributed by atoms with Crippen LogP contribution in [0.15, 0.2) is 194 Å². The van der Waals surface area contributed by atoms with Gasteiger partial charge in [0.1, 0.15) is 6.61 Å². The molecule has 6 aromatic rings. The highest BCUT2D eigenvalue weighted by Gasteiger charge is 2.70. The minimum atomic E-state index is -1.73. The summed E-state index contributed by atoms with van der Waals surface area (Å²) in [6.07, 6.45) is -2.91. The molecule has 5 aliphatic carbocycles. The number of carbonyl (C=O) groups is 6. The first-order valence-corrected chi connectivity index (χ1v) is 35.3. The second-order valence-corrected chi connectivity index (χ2v) is 30.7. The summed E-state index contributed by atoms with van der Waals surface area (Å²) in [4.78, 5) is 87.4. The number of allylic oxidation sites excluding steroid dienone is 2. The molecule has 13 rings (SSSR count). The van der Waals surface area contributed by atoms with E-state index in [4.69, 9.17) is 47.4 Å². The van der Waals surface area contributed by atoms with Crippen molar-refractivity contribution in [2.24, 2.45) is 50.2 Å². The van der Waals surface area contributed by atoms with Crippen LogP contribution in [0.25, 0.3) is 0 Å². The second-order valence-electron chi connectivity index (χ2n) is 30.7. The van der Waals surface area contributed by atoms with Crippen LogP contribution in [-0.4, -0.2) is 104 Å². The molecule has 2 saturated heterocycles. The molecule has 0 bridgehead atoms. The summed E-state index contributed by atoms with van der Waals surface area (Å²) >= 11 is 0. The zero-order valence-electron chi connectivity index (χ0n) is 57.9. The molecule has 0 aromatic heterocycles. The molecular weight excluding hydrogens is 1250 g/mol. The molecular formula is C83H92O16. The molecule has 0 spiro atoms. The van der Waals surface area contributed by atoms with Crippen LogP contribution >= 0.6 is 0 Å². The lowest BCUT2D eigenvalue weighted by molar-refractivity contribution is -0.362. The van der Waals surface area contributed by atoms with Crippen molar-refractivity contribution in [3.63, 3.8) is 0 Å². The van der Waals surface area contributed by atoms with Crippen LogP contribution in [0.2, 0.25) is 0 Å². The Kier molecular flexibility index (Phi) is 19.6. The topological polar surface area (TPSA) is 195 Å². The lowest BCUT2D eigenvalue weighted by Crippen LogP contribution is -2.66. The molecule has 0 unspecified atom stereocenters. The lowest BCUT2D eigenvalue weighted by atomic mass is 9.33. The molecule has 2 heterocycles. The van der Waals surface area contributed by atoms with Gasteiger partial charge in [-0.05, 0) is 182 Å². The number of hydrogen-bond acceptors (Lipinski definition) is 16. The Balaban J connectivity index is 0.852. The third kappa shape index (κ3) is 13.4. The molecule has 7 aliphatic rings. The Hall–Kier alpha value is -8.28. The second kappa shape index (κ2) is 28.0. The van der Waals surface area contributed by atoms with E-state index in [-0.39, 0.29) is 86.4 Å². The summed E-state index contributed by atoms with van der Waals surface area (Å²) < 4.78 is 66.9. The molecule has 16 heteroatoms. The van der Waals surface area contributed by atoms with Crippen molar-refractivity contribution < 1.29 is 76.1 Å². The quantitative estimate of drug-likeness (QED) is 0.0362. The smallest absolute Gasteiger partial charge is 0.338 e. The maximum absolute atomic E-state index is 14.8. The van der Waals surface area contributed by atoms with Gasteiger partial charge in [-0.25, -0.2) is 24.0 Å². The molecule has 0 amide bonds. The van der Waals surface area contributed by atoms with Gasteiger partial charge in [-0.2, -0.15) is 0 Å². The Morgan fingerprint density at radius 1 is 0.465 bits per heavy atom. The zero-order chi connectivity index (χ0) is 69.5. The summed E-state index contributed by atoms with van der Waals surface area (Å²) in [5.74, 6) is -3.55. The molecule has 17 atom stereocenters. The molecule has 99 heavy (non-hydrogen) atoms. The first kappa shape index (κ1) is 69.2. The fourth-order valence-corrected chi connectivity index (χ4v) is 18.6. The minimum absolute atomic E-state index is 0.0564. The lowest BCUT2D eigenvalue weighted by Gasteiger charge is -2.71.